The van der Waals surface area contributed by atoms with Crippen LogP contribution in [0.4, 0.5) is 0 Å². The zero-order chi connectivity index (χ0) is 10.3. The van der Waals surface area contributed by atoms with Crippen LogP contribution in [0.5, 0.6) is 0 Å². The maximum absolute atomic E-state index is 6.19. The zero-order valence-corrected chi connectivity index (χ0v) is 8.91. The lowest BCUT2D eigenvalue weighted by atomic mass is 9.99. The van der Waals surface area contributed by atoms with Crippen molar-refractivity contribution in [2.75, 3.05) is 6.61 Å². The fraction of sp³-hybridized carbons (Fsp3) is 0.538. The second kappa shape index (κ2) is 3.32. The van der Waals surface area contributed by atoms with Crippen molar-refractivity contribution in [1.82, 2.24) is 0 Å². The minimum Gasteiger partial charge on any atom is -0.374 e. The summed E-state index contributed by atoms with van der Waals surface area (Å²) in [6, 6.07) is 8.65. The van der Waals surface area contributed by atoms with Crippen LogP contribution in [0.25, 0.3) is 0 Å². The van der Waals surface area contributed by atoms with Crippen molar-refractivity contribution in [2.45, 2.75) is 37.3 Å². The Kier molecular flexibility index (Phi) is 2.08. The van der Waals surface area contributed by atoms with E-state index in [0.717, 1.165) is 25.9 Å². The second-order valence-electron chi connectivity index (χ2n) is 4.78. The van der Waals surface area contributed by atoms with Gasteiger partial charge < -0.3 is 10.5 Å². The molecular weight excluding hydrogens is 186 g/mol. The average Bonchev–Trinajstić information content (AvgIpc) is 2.84. The molecule has 0 spiro atoms. The van der Waals surface area contributed by atoms with Crippen LogP contribution in [0.1, 0.15) is 42.9 Å². The summed E-state index contributed by atoms with van der Waals surface area (Å²) in [5.74, 6) is 0. The van der Waals surface area contributed by atoms with Crippen LogP contribution >= 0.6 is 0 Å². The molecule has 0 bridgehead atoms. The molecule has 3 rings (SSSR count). The van der Waals surface area contributed by atoms with E-state index in [1.54, 1.807) is 0 Å². The van der Waals surface area contributed by atoms with Crippen molar-refractivity contribution in [3.63, 3.8) is 0 Å². The Bertz CT molecular complexity index is 365. The molecule has 2 heteroatoms. The Morgan fingerprint density at radius 1 is 1.33 bits per heavy atom. The molecule has 1 aromatic carbocycles. The molecule has 2 N–H and O–H groups in total. The van der Waals surface area contributed by atoms with Gasteiger partial charge in [-0.05, 0) is 36.8 Å². The molecule has 0 unspecified atom stereocenters. The van der Waals surface area contributed by atoms with Crippen molar-refractivity contribution in [3.05, 3.63) is 35.4 Å². The predicted molar refractivity (Wildman–Crippen MR) is 59.5 cm³/mol. The number of hydrogen-bond donors (Lipinski definition) is 1. The largest absolute Gasteiger partial charge is 0.374 e. The lowest BCUT2D eigenvalue weighted by Gasteiger charge is -2.14. The van der Waals surface area contributed by atoms with Gasteiger partial charge in [0.15, 0.2) is 0 Å². The topological polar surface area (TPSA) is 35.2 Å². The van der Waals surface area contributed by atoms with Gasteiger partial charge in [0.2, 0.25) is 0 Å². The molecule has 1 aromatic rings. The van der Waals surface area contributed by atoms with E-state index >= 15 is 0 Å². The first-order valence-corrected chi connectivity index (χ1v) is 5.79. The third-order valence-electron chi connectivity index (χ3n) is 3.55. The fourth-order valence-electron chi connectivity index (χ4n) is 2.31. The second-order valence-corrected chi connectivity index (χ2v) is 4.78. The van der Waals surface area contributed by atoms with Gasteiger partial charge in [-0.1, -0.05) is 24.3 Å². The molecule has 80 valence electrons. The maximum atomic E-state index is 6.19. The fourth-order valence-corrected chi connectivity index (χ4v) is 2.31. The summed E-state index contributed by atoms with van der Waals surface area (Å²) < 4.78 is 5.69. The number of nitrogens with two attached hydrogens (primary N) is 1. The van der Waals surface area contributed by atoms with E-state index in [0.29, 0.717) is 6.10 Å². The highest BCUT2D eigenvalue weighted by molar-refractivity contribution is 5.34. The molecule has 0 amide bonds. The van der Waals surface area contributed by atoms with Gasteiger partial charge in [0.1, 0.15) is 0 Å². The van der Waals surface area contributed by atoms with Crippen LogP contribution in [-0.2, 0) is 10.3 Å². The molecule has 1 heterocycles. The zero-order valence-electron chi connectivity index (χ0n) is 8.91. The molecule has 1 atom stereocenters. The van der Waals surface area contributed by atoms with Gasteiger partial charge in [0.25, 0.3) is 0 Å². The Balaban J connectivity index is 1.89. The molecule has 1 saturated heterocycles. The number of hydrogen-bond acceptors (Lipinski definition) is 2. The Labute approximate surface area is 90.4 Å². The minimum atomic E-state index is -0.0192. The first-order chi connectivity index (χ1) is 7.28. The summed E-state index contributed by atoms with van der Waals surface area (Å²) in [5, 5.41) is 0. The smallest absolute Gasteiger partial charge is 0.0825 e. The van der Waals surface area contributed by atoms with E-state index in [1.165, 1.54) is 17.5 Å². The predicted octanol–water partition coefficient (Wildman–Crippen LogP) is 2.49. The summed E-state index contributed by atoms with van der Waals surface area (Å²) in [4.78, 5) is 0. The molecule has 0 radical (unpaired) electrons. The summed E-state index contributed by atoms with van der Waals surface area (Å²) in [6.07, 6.45) is 4.90. The molecule has 15 heavy (non-hydrogen) atoms. The SMILES string of the molecule is NC1(c2cccc([C@@H]3CCCO3)c2)CC1. The highest BCUT2D eigenvalue weighted by atomic mass is 16.5. The number of ether oxygens (including phenoxy) is 1. The van der Waals surface area contributed by atoms with Crippen LogP contribution in [0.3, 0.4) is 0 Å². The van der Waals surface area contributed by atoms with Crippen molar-refractivity contribution in [3.8, 4) is 0 Å². The summed E-state index contributed by atoms with van der Waals surface area (Å²) in [6.45, 7) is 0.905. The quantitative estimate of drug-likeness (QED) is 0.801. The van der Waals surface area contributed by atoms with Gasteiger partial charge in [-0.25, -0.2) is 0 Å². The first-order valence-electron chi connectivity index (χ1n) is 5.79. The third-order valence-corrected chi connectivity index (χ3v) is 3.55. The van der Waals surface area contributed by atoms with Gasteiger partial charge in [-0.3, -0.25) is 0 Å². The van der Waals surface area contributed by atoms with Crippen LogP contribution < -0.4 is 5.73 Å². The molecule has 2 aliphatic rings. The first kappa shape index (κ1) is 9.37. The lowest BCUT2D eigenvalue weighted by Crippen LogP contribution is -2.18. The molecule has 2 fully saturated rings. The highest BCUT2D eigenvalue weighted by Crippen LogP contribution is 2.43. The van der Waals surface area contributed by atoms with E-state index in [2.05, 4.69) is 24.3 Å². The minimum absolute atomic E-state index is 0.0192. The van der Waals surface area contributed by atoms with E-state index in [-0.39, 0.29) is 5.54 Å². The van der Waals surface area contributed by atoms with Crippen LogP contribution in [0, 0.1) is 0 Å². The Morgan fingerprint density at radius 2 is 2.20 bits per heavy atom. The van der Waals surface area contributed by atoms with Gasteiger partial charge in [0.05, 0.1) is 6.10 Å². The summed E-state index contributed by atoms with van der Waals surface area (Å²) in [7, 11) is 0. The summed E-state index contributed by atoms with van der Waals surface area (Å²) >= 11 is 0. The highest BCUT2D eigenvalue weighted by Gasteiger charge is 2.40. The molecule has 1 aliphatic heterocycles. The normalized spacial score (nSPS) is 27.9. The molecule has 1 aliphatic carbocycles. The molecular formula is C13H17NO. The van der Waals surface area contributed by atoms with E-state index in [4.69, 9.17) is 10.5 Å². The maximum Gasteiger partial charge on any atom is 0.0825 e. The van der Waals surface area contributed by atoms with Crippen molar-refractivity contribution in [2.24, 2.45) is 5.73 Å². The van der Waals surface area contributed by atoms with Crippen LogP contribution in [0.15, 0.2) is 24.3 Å². The molecule has 0 aromatic heterocycles. The van der Waals surface area contributed by atoms with E-state index in [1.807, 2.05) is 0 Å². The van der Waals surface area contributed by atoms with Crippen LogP contribution in [-0.4, -0.2) is 6.61 Å². The van der Waals surface area contributed by atoms with Crippen molar-refractivity contribution >= 4 is 0 Å². The third kappa shape index (κ3) is 1.68. The standard InChI is InChI=1S/C13H17NO/c14-13(6-7-13)11-4-1-3-10(9-11)12-5-2-8-15-12/h1,3-4,9,12H,2,5-8,14H2/t12-/m0/s1. The monoisotopic (exact) mass is 203 g/mol. The van der Waals surface area contributed by atoms with Gasteiger partial charge in [-0.2, -0.15) is 0 Å². The van der Waals surface area contributed by atoms with Gasteiger partial charge in [-0.15, -0.1) is 0 Å². The summed E-state index contributed by atoms with van der Waals surface area (Å²) in [5.41, 5.74) is 8.77. The van der Waals surface area contributed by atoms with Crippen molar-refractivity contribution < 1.29 is 4.74 Å². The average molecular weight is 203 g/mol. The number of benzene rings is 1. The number of rotatable bonds is 2. The van der Waals surface area contributed by atoms with E-state index < -0.39 is 0 Å². The molecule has 1 saturated carbocycles. The Hall–Kier alpha value is -0.860. The van der Waals surface area contributed by atoms with Gasteiger partial charge in [0, 0.05) is 12.1 Å². The molecule has 2 nitrogen and oxygen atoms in total. The van der Waals surface area contributed by atoms with Crippen LogP contribution in [0.2, 0.25) is 0 Å². The van der Waals surface area contributed by atoms with Gasteiger partial charge >= 0.3 is 0 Å². The Morgan fingerprint density at radius 3 is 2.87 bits per heavy atom. The lowest BCUT2D eigenvalue weighted by molar-refractivity contribution is 0.112. The van der Waals surface area contributed by atoms with Crippen molar-refractivity contribution in [1.29, 1.82) is 0 Å². The van der Waals surface area contributed by atoms with E-state index in [9.17, 15) is 0 Å².